The van der Waals surface area contributed by atoms with Crippen LogP contribution >= 0.6 is 11.3 Å². The minimum absolute atomic E-state index is 1.21. The highest BCUT2D eigenvalue weighted by Crippen LogP contribution is 2.50. The van der Waals surface area contributed by atoms with Crippen molar-refractivity contribution in [1.29, 1.82) is 0 Å². The first-order chi connectivity index (χ1) is 22.8. The predicted molar refractivity (Wildman–Crippen MR) is 199 cm³/mol. The summed E-state index contributed by atoms with van der Waals surface area (Å²) in [4.78, 5) is 0. The molecule has 1 aliphatic carbocycles. The van der Waals surface area contributed by atoms with Gasteiger partial charge in [0.2, 0.25) is 0 Å². The molecule has 10 aromatic rings. The van der Waals surface area contributed by atoms with Crippen LogP contribution in [0, 0.1) is 0 Å². The third kappa shape index (κ3) is 3.09. The number of fused-ring (bicyclic) bond motifs is 11. The SMILES string of the molecule is c1ccc2c(c1)-c1cccc3c(-c4ccc(-n5c6ccccc6c6c7c(ccc65)sc5ccccc57)c5ccccc45)ccc-2c13. The number of aromatic nitrogens is 1. The van der Waals surface area contributed by atoms with E-state index in [1.807, 2.05) is 11.3 Å². The Labute approximate surface area is 269 Å². The number of hydrogen-bond donors (Lipinski definition) is 0. The van der Waals surface area contributed by atoms with Crippen molar-refractivity contribution >= 4 is 74.9 Å². The van der Waals surface area contributed by atoms with Crippen molar-refractivity contribution < 1.29 is 0 Å². The molecule has 0 spiro atoms. The van der Waals surface area contributed by atoms with Crippen LogP contribution in [0.4, 0.5) is 0 Å². The summed E-state index contributed by atoms with van der Waals surface area (Å²) in [6.45, 7) is 0. The van der Waals surface area contributed by atoms with Gasteiger partial charge in [-0.2, -0.15) is 0 Å². The number of thiophene rings is 1. The Bertz CT molecular complexity index is 2890. The summed E-state index contributed by atoms with van der Waals surface area (Å²) in [5.41, 5.74) is 11.6. The minimum atomic E-state index is 1.21. The van der Waals surface area contributed by atoms with Gasteiger partial charge in [0.25, 0.3) is 0 Å². The fourth-order valence-corrected chi connectivity index (χ4v) is 9.40. The average molecular weight is 600 g/mol. The van der Waals surface area contributed by atoms with Gasteiger partial charge in [-0.1, -0.05) is 121 Å². The third-order valence-electron chi connectivity index (χ3n) is 10.2. The standard InChI is InChI=1S/C44H25NS/c1-2-12-28-27(11-1)32-16-9-17-33-30(20-21-34(28)42(32)33)29-22-23-38(31-13-4-3-10-26(29)31)45-37-18-7-5-14-35(37)43-39(45)24-25-41-44(43)36-15-6-8-19-40(36)46-41/h1-25H. The van der Waals surface area contributed by atoms with Gasteiger partial charge in [0.05, 0.1) is 16.7 Å². The maximum atomic E-state index is 2.49. The highest BCUT2D eigenvalue weighted by atomic mass is 32.1. The van der Waals surface area contributed by atoms with Gasteiger partial charge in [-0.3, -0.25) is 0 Å². The van der Waals surface area contributed by atoms with Crippen molar-refractivity contribution in [2.24, 2.45) is 0 Å². The fourth-order valence-electron chi connectivity index (χ4n) is 8.29. The van der Waals surface area contributed by atoms with Gasteiger partial charge in [0.15, 0.2) is 0 Å². The second-order valence-corrected chi connectivity index (χ2v) is 13.5. The van der Waals surface area contributed by atoms with Crippen molar-refractivity contribution in [2.75, 3.05) is 0 Å². The molecule has 0 N–H and O–H groups in total. The van der Waals surface area contributed by atoms with E-state index in [1.165, 1.54) is 103 Å². The normalized spacial score (nSPS) is 12.3. The maximum absolute atomic E-state index is 2.49. The first kappa shape index (κ1) is 24.6. The van der Waals surface area contributed by atoms with Crippen molar-refractivity contribution in [3.8, 4) is 39.1 Å². The topological polar surface area (TPSA) is 4.93 Å². The second-order valence-electron chi connectivity index (χ2n) is 12.4. The summed E-state index contributed by atoms with van der Waals surface area (Å²) in [5, 5.41) is 10.5. The maximum Gasteiger partial charge on any atom is 0.0548 e. The summed E-state index contributed by atoms with van der Waals surface area (Å²) in [6.07, 6.45) is 0. The van der Waals surface area contributed by atoms with Crippen LogP contribution in [0.1, 0.15) is 0 Å². The van der Waals surface area contributed by atoms with Crippen LogP contribution < -0.4 is 0 Å². The van der Waals surface area contributed by atoms with Crippen LogP contribution in [-0.4, -0.2) is 4.57 Å². The monoisotopic (exact) mass is 599 g/mol. The molecule has 0 radical (unpaired) electrons. The molecule has 8 aromatic carbocycles. The first-order valence-corrected chi connectivity index (χ1v) is 16.7. The zero-order valence-corrected chi connectivity index (χ0v) is 25.6. The second kappa shape index (κ2) is 8.94. The van der Waals surface area contributed by atoms with Crippen LogP contribution in [0.5, 0.6) is 0 Å². The molecule has 46 heavy (non-hydrogen) atoms. The van der Waals surface area contributed by atoms with E-state index in [0.29, 0.717) is 0 Å². The number of nitrogens with zero attached hydrogens (tertiary/aromatic N) is 1. The fraction of sp³-hybridized carbons (Fsp3) is 0. The number of para-hydroxylation sites is 1. The molecule has 0 bridgehead atoms. The molecule has 2 aromatic heterocycles. The quantitative estimate of drug-likeness (QED) is 0.186. The molecule has 2 heteroatoms. The first-order valence-electron chi connectivity index (χ1n) is 15.9. The van der Waals surface area contributed by atoms with E-state index in [-0.39, 0.29) is 0 Å². The van der Waals surface area contributed by atoms with Crippen molar-refractivity contribution in [2.45, 2.75) is 0 Å². The van der Waals surface area contributed by atoms with Gasteiger partial charge in [0, 0.05) is 36.3 Å². The summed E-state index contributed by atoms with van der Waals surface area (Å²) >= 11 is 1.89. The smallest absolute Gasteiger partial charge is 0.0548 e. The van der Waals surface area contributed by atoms with Crippen LogP contribution in [0.15, 0.2) is 152 Å². The van der Waals surface area contributed by atoms with E-state index in [9.17, 15) is 0 Å². The van der Waals surface area contributed by atoms with Crippen molar-refractivity contribution in [3.05, 3.63) is 152 Å². The number of benzene rings is 8. The van der Waals surface area contributed by atoms with E-state index in [0.717, 1.165) is 0 Å². The molecular formula is C44H25NS. The van der Waals surface area contributed by atoms with Gasteiger partial charge < -0.3 is 4.57 Å². The molecule has 1 aliphatic rings. The molecule has 0 saturated heterocycles. The summed E-state index contributed by atoms with van der Waals surface area (Å²) < 4.78 is 5.17. The summed E-state index contributed by atoms with van der Waals surface area (Å²) in [6, 6.07) is 56.3. The van der Waals surface area contributed by atoms with E-state index in [4.69, 9.17) is 0 Å². The zero-order chi connectivity index (χ0) is 29.9. The number of rotatable bonds is 2. The molecule has 0 amide bonds. The van der Waals surface area contributed by atoms with Crippen LogP contribution in [0.3, 0.4) is 0 Å². The molecule has 0 fully saturated rings. The van der Waals surface area contributed by atoms with Crippen LogP contribution in [0.2, 0.25) is 0 Å². The van der Waals surface area contributed by atoms with Gasteiger partial charge in [-0.25, -0.2) is 0 Å². The van der Waals surface area contributed by atoms with E-state index >= 15 is 0 Å². The zero-order valence-electron chi connectivity index (χ0n) is 24.8. The lowest BCUT2D eigenvalue weighted by molar-refractivity contribution is 1.20. The molecule has 0 saturated carbocycles. The molecule has 0 atom stereocenters. The van der Waals surface area contributed by atoms with E-state index in [2.05, 4.69) is 156 Å². The van der Waals surface area contributed by atoms with Gasteiger partial charge in [-0.05, 0) is 79.9 Å². The lowest BCUT2D eigenvalue weighted by atomic mass is 9.91. The average Bonchev–Trinajstić information content (AvgIpc) is 3.77. The predicted octanol–water partition coefficient (Wildman–Crippen LogP) is 12.8. The Balaban J connectivity index is 1.21. The summed E-state index contributed by atoms with van der Waals surface area (Å²) in [5.74, 6) is 0. The van der Waals surface area contributed by atoms with Gasteiger partial charge in [-0.15, -0.1) is 11.3 Å². The lowest BCUT2D eigenvalue weighted by Crippen LogP contribution is -1.96. The third-order valence-corrected chi connectivity index (χ3v) is 11.3. The highest BCUT2D eigenvalue weighted by molar-refractivity contribution is 7.26. The van der Waals surface area contributed by atoms with Crippen LogP contribution in [-0.2, 0) is 0 Å². The van der Waals surface area contributed by atoms with E-state index < -0.39 is 0 Å². The van der Waals surface area contributed by atoms with Gasteiger partial charge >= 0.3 is 0 Å². The molecule has 2 heterocycles. The van der Waals surface area contributed by atoms with Gasteiger partial charge in [0.1, 0.15) is 0 Å². The Hall–Kier alpha value is -5.70. The molecular weight excluding hydrogens is 575 g/mol. The Kier molecular flexibility index (Phi) is 4.78. The molecule has 0 unspecified atom stereocenters. The van der Waals surface area contributed by atoms with E-state index in [1.54, 1.807) is 0 Å². The Morgan fingerprint density at radius 1 is 0.304 bits per heavy atom. The van der Waals surface area contributed by atoms with Crippen molar-refractivity contribution in [1.82, 2.24) is 4.57 Å². The molecule has 212 valence electrons. The minimum Gasteiger partial charge on any atom is -0.309 e. The lowest BCUT2D eigenvalue weighted by Gasteiger charge is -2.16. The molecule has 1 nitrogen and oxygen atoms in total. The Morgan fingerprint density at radius 2 is 0.913 bits per heavy atom. The largest absolute Gasteiger partial charge is 0.309 e. The summed E-state index contributed by atoms with van der Waals surface area (Å²) in [7, 11) is 0. The highest BCUT2D eigenvalue weighted by Gasteiger charge is 2.24. The molecule has 11 rings (SSSR count). The molecule has 0 aliphatic heterocycles. The van der Waals surface area contributed by atoms with Crippen molar-refractivity contribution in [3.63, 3.8) is 0 Å². The Morgan fingerprint density at radius 3 is 1.78 bits per heavy atom. The van der Waals surface area contributed by atoms with Crippen LogP contribution in [0.25, 0.3) is 103 Å². The number of hydrogen-bond acceptors (Lipinski definition) is 1.